The van der Waals surface area contributed by atoms with Crippen LogP contribution < -0.4 is 5.32 Å². The molecule has 2 aromatic rings. The van der Waals surface area contributed by atoms with Gasteiger partial charge in [0.2, 0.25) is 0 Å². The van der Waals surface area contributed by atoms with Crippen molar-refractivity contribution in [3.8, 4) is 0 Å². The SMILES string of the molecule is CC(=O)c1c(C)nsc1Nc1cc(C(F)(F)F)ccc1F. The van der Waals surface area contributed by atoms with Crippen LogP contribution in [0, 0.1) is 12.7 Å². The van der Waals surface area contributed by atoms with E-state index >= 15 is 0 Å². The summed E-state index contributed by atoms with van der Waals surface area (Å²) in [7, 11) is 0. The molecule has 0 amide bonds. The lowest BCUT2D eigenvalue weighted by Gasteiger charge is -2.11. The van der Waals surface area contributed by atoms with Crippen LogP contribution in [0.5, 0.6) is 0 Å². The molecule has 112 valence electrons. The predicted octanol–water partition coefficient (Wildman–Crippen LogP) is 4.56. The van der Waals surface area contributed by atoms with E-state index in [0.717, 1.165) is 17.6 Å². The number of nitrogens with zero attached hydrogens (tertiary/aromatic N) is 1. The highest BCUT2D eigenvalue weighted by Gasteiger charge is 2.31. The van der Waals surface area contributed by atoms with Gasteiger partial charge in [0.05, 0.1) is 22.5 Å². The zero-order valence-corrected chi connectivity index (χ0v) is 11.8. The molecule has 8 heteroatoms. The summed E-state index contributed by atoms with van der Waals surface area (Å²) in [4.78, 5) is 11.5. The number of ketones is 1. The third-order valence-electron chi connectivity index (χ3n) is 2.76. The van der Waals surface area contributed by atoms with Gasteiger partial charge in [-0.2, -0.15) is 17.5 Å². The number of hydrogen-bond acceptors (Lipinski definition) is 4. The van der Waals surface area contributed by atoms with Crippen LogP contribution in [-0.4, -0.2) is 10.2 Å². The fraction of sp³-hybridized carbons (Fsp3) is 0.231. The van der Waals surface area contributed by atoms with Gasteiger partial charge in [-0.25, -0.2) is 4.39 Å². The van der Waals surface area contributed by atoms with E-state index in [2.05, 4.69) is 9.69 Å². The van der Waals surface area contributed by atoms with Gasteiger partial charge in [-0.05, 0) is 43.6 Å². The summed E-state index contributed by atoms with van der Waals surface area (Å²) >= 11 is 0.892. The van der Waals surface area contributed by atoms with Crippen LogP contribution in [0.4, 0.5) is 28.3 Å². The van der Waals surface area contributed by atoms with E-state index in [4.69, 9.17) is 0 Å². The first-order valence-corrected chi connectivity index (χ1v) is 6.58. The van der Waals surface area contributed by atoms with Gasteiger partial charge in [0.25, 0.3) is 0 Å². The number of alkyl halides is 3. The molecule has 1 aromatic heterocycles. The fourth-order valence-corrected chi connectivity index (χ4v) is 2.65. The Morgan fingerprint density at radius 2 is 2.00 bits per heavy atom. The lowest BCUT2D eigenvalue weighted by Crippen LogP contribution is -2.07. The van der Waals surface area contributed by atoms with Crippen LogP contribution in [0.1, 0.15) is 28.5 Å². The normalized spacial score (nSPS) is 11.5. The third-order valence-corrected chi connectivity index (χ3v) is 3.61. The number of carbonyl (C=O) groups is 1. The molecule has 0 atom stereocenters. The van der Waals surface area contributed by atoms with Gasteiger partial charge in [-0.15, -0.1) is 0 Å². The molecule has 0 aliphatic rings. The summed E-state index contributed by atoms with van der Waals surface area (Å²) < 4.78 is 55.5. The monoisotopic (exact) mass is 318 g/mol. The molecule has 1 heterocycles. The number of benzene rings is 1. The highest BCUT2D eigenvalue weighted by molar-refractivity contribution is 7.10. The first kappa shape index (κ1) is 15.4. The van der Waals surface area contributed by atoms with Crippen molar-refractivity contribution >= 4 is 28.0 Å². The number of Topliss-reactive ketones (excluding diaryl/α,β-unsaturated/α-hetero) is 1. The Labute approximate surface area is 121 Å². The summed E-state index contributed by atoms with van der Waals surface area (Å²) in [6.45, 7) is 2.91. The van der Waals surface area contributed by atoms with Crippen molar-refractivity contribution in [2.24, 2.45) is 0 Å². The number of hydrogen-bond donors (Lipinski definition) is 1. The van der Waals surface area contributed by atoms with Gasteiger partial charge in [0.1, 0.15) is 10.8 Å². The van der Waals surface area contributed by atoms with Crippen molar-refractivity contribution in [1.29, 1.82) is 0 Å². The molecule has 21 heavy (non-hydrogen) atoms. The molecule has 0 aliphatic heterocycles. The second-order valence-electron chi connectivity index (χ2n) is 4.35. The number of aromatic nitrogens is 1. The number of carbonyl (C=O) groups excluding carboxylic acids is 1. The second-order valence-corrected chi connectivity index (χ2v) is 5.12. The molecule has 2 rings (SSSR count). The average Bonchev–Trinajstić information content (AvgIpc) is 2.72. The van der Waals surface area contributed by atoms with Crippen molar-refractivity contribution in [2.75, 3.05) is 5.32 Å². The highest BCUT2D eigenvalue weighted by atomic mass is 32.1. The first-order valence-electron chi connectivity index (χ1n) is 5.81. The molecule has 0 unspecified atom stereocenters. The van der Waals surface area contributed by atoms with Crippen molar-refractivity contribution in [1.82, 2.24) is 4.37 Å². The standard InChI is InChI=1S/C13H10F4N2OS/c1-6-11(7(2)20)12(21-19-6)18-10-5-8(13(15,16)17)3-4-9(10)14/h3-5,18H,1-2H3. The molecule has 3 nitrogen and oxygen atoms in total. The topological polar surface area (TPSA) is 42.0 Å². The maximum atomic E-state index is 13.7. The molecular weight excluding hydrogens is 308 g/mol. The maximum Gasteiger partial charge on any atom is 0.416 e. The first-order chi connectivity index (χ1) is 9.70. The Kier molecular flexibility index (Phi) is 3.99. The summed E-state index contributed by atoms with van der Waals surface area (Å²) in [5.41, 5.74) is -0.632. The maximum absolute atomic E-state index is 13.7. The van der Waals surface area contributed by atoms with Crippen LogP contribution in [-0.2, 0) is 6.18 Å². The van der Waals surface area contributed by atoms with Crippen LogP contribution in [0.3, 0.4) is 0 Å². The Morgan fingerprint density at radius 1 is 1.33 bits per heavy atom. The summed E-state index contributed by atoms with van der Waals surface area (Å²) in [6, 6.07) is 2.05. The van der Waals surface area contributed by atoms with E-state index in [1.807, 2.05) is 0 Å². The van der Waals surface area contributed by atoms with Crippen LogP contribution in [0.15, 0.2) is 18.2 Å². The number of anilines is 2. The molecule has 1 aromatic carbocycles. The molecule has 0 fully saturated rings. The van der Waals surface area contributed by atoms with Crippen molar-refractivity contribution < 1.29 is 22.4 Å². The smallest absolute Gasteiger partial charge is 0.343 e. The molecule has 0 saturated heterocycles. The molecule has 0 aliphatic carbocycles. The zero-order chi connectivity index (χ0) is 15.8. The summed E-state index contributed by atoms with van der Waals surface area (Å²) in [5, 5.41) is 2.74. The van der Waals surface area contributed by atoms with E-state index in [-0.39, 0.29) is 22.0 Å². The summed E-state index contributed by atoms with van der Waals surface area (Å²) in [5.74, 6) is -1.14. The molecule has 1 N–H and O–H groups in total. The number of aryl methyl sites for hydroxylation is 1. The predicted molar refractivity (Wildman–Crippen MR) is 71.5 cm³/mol. The van der Waals surface area contributed by atoms with E-state index in [0.29, 0.717) is 17.8 Å². The Bertz CT molecular complexity index is 694. The average molecular weight is 318 g/mol. The van der Waals surface area contributed by atoms with Gasteiger partial charge >= 0.3 is 6.18 Å². The van der Waals surface area contributed by atoms with Gasteiger partial charge < -0.3 is 5.32 Å². The Hall–Kier alpha value is -1.96. The minimum Gasteiger partial charge on any atom is -0.343 e. The van der Waals surface area contributed by atoms with Gasteiger partial charge in [0, 0.05) is 0 Å². The fourth-order valence-electron chi connectivity index (χ4n) is 1.79. The Morgan fingerprint density at radius 3 is 2.57 bits per heavy atom. The zero-order valence-electron chi connectivity index (χ0n) is 11.0. The van der Waals surface area contributed by atoms with E-state index < -0.39 is 17.6 Å². The molecule has 0 spiro atoms. The van der Waals surface area contributed by atoms with Crippen molar-refractivity contribution in [3.05, 3.63) is 40.8 Å². The number of nitrogens with one attached hydrogen (secondary N) is 1. The lowest BCUT2D eigenvalue weighted by molar-refractivity contribution is -0.137. The highest BCUT2D eigenvalue weighted by Crippen LogP contribution is 2.34. The number of rotatable bonds is 3. The second kappa shape index (κ2) is 5.44. The molecule has 0 bridgehead atoms. The van der Waals surface area contributed by atoms with Gasteiger partial charge in [0.15, 0.2) is 5.78 Å². The molecular formula is C13H10F4N2OS. The van der Waals surface area contributed by atoms with E-state index in [1.54, 1.807) is 6.92 Å². The lowest BCUT2D eigenvalue weighted by atomic mass is 10.1. The van der Waals surface area contributed by atoms with Crippen LogP contribution in [0.25, 0.3) is 0 Å². The van der Waals surface area contributed by atoms with Gasteiger partial charge in [-0.1, -0.05) is 0 Å². The van der Waals surface area contributed by atoms with E-state index in [9.17, 15) is 22.4 Å². The quantitative estimate of drug-likeness (QED) is 0.666. The van der Waals surface area contributed by atoms with Crippen LogP contribution >= 0.6 is 11.5 Å². The van der Waals surface area contributed by atoms with Crippen molar-refractivity contribution in [2.45, 2.75) is 20.0 Å². The van der Waals surface area contributed by atoms with E-state index in [1.165, 1.54) is 6.92 Å². The third kappa shape index (κ3) is 3.21. The minimum atomic E-state index is -4.57. The Balaban J connectivity index is 2.43. The minimum absolute atomic E-state index is 0.221. The molecule has 0 radical (unpaired) electrons. The largest absolute Gasteiger partial charge is 0.416 e. The molecule has 0 saturated carbocycles. The summed E-state index contributed by atoms with van der Waals surface area (Å²) in [6.07, 6.45) is -4.57. The van der Waals surface area contributed by atoms with Gasteiger partial charge in [-0.3, -0.25) is 4.79 Å². The van der Waals surface area contributed by atoms with Crippen LogP contribution in [0.2, 0.25) is 0 Å². The van der Waals surface area contributed by atoms with Crippen molar-refractivity contribution in [3.63, 3.8) is 0 Å². The number of halogens is 4.